The van der Waals surface area contributed by atoms with Crippen molar-refractivity contribution in [2.24, 2.45) is 34.7 Å². The van der Waals surface area contributed by atoms with Gasteiger partial charge in [-0.15, -0.1) is 0 Å². The lowest BCUT2D eigenvalue weighted by Gasteiger charge is -2.30. The van der Waals surface area contributed by atoms with Crippen LogP contribution >= 0.6 is 11.6 Å². The van der Waals surface area contributed by atoms with E-state index in [9.17, 15) is 14.4 Å². The number of rotatable bonds is 3. The van der Waals surface area contributed by atoms with Crippen LogP contribution in [0.3, 0.4) is 0 Å². The Morgan fingerprint density at radius 3 is 2.41 bits per heavy atom. The number of oxime groups is 1. The van der Waals surface area contributed by atoms with E-state index in [1.165, 1.54) is 11.8 Å². The molecule has 0 N–H and O–H groups in total. The lowest BCUT2D eigenvalue weighted by molar-refractivity contribution is -0.132. The topological polar surface area (TPSA) is 85.3 Å². The van der Waals surface area contributed by atoms with Crippen molar-refractivity contribution in [3.63, 3.8) is 0 Å². The molecule has 3 fully saturated rings. The molecule has 6 atom stereocenters. The zero-order chi connectivity index (χ0) is 22.1. The van der Waals surface area contributed by atoms with Gasteiger partial charge in [0.05, 0.1) is 23.2 Å². The van der Waals surface area contributed by atoms with Gasteiger partial charge in [0, 0.05) is 29.3 Å². The Balaban J connectivity index is 1.31. The number of carbonyl (C=O) groups is 3. The van der Waals surface area contributed by atoms with E-state index in [0.717, 1.165) is 17.7 Å². The Morgan fingerprint density at radius 2 is 1.72 bits per heavy atom. The van der Waals surface area contributed by atoms with Gasteiger partial charge in [-0.1, -0.05) is 35.0 Å². The lowest BCUT2D eigenvalue weighted by atomic mass is 9.71. The van der Waals surface area contributed by atoms with Gasteiger partial charge < -0.3 is 9.57 Å². The summed E-state index contributed by atoms with van der Waals surface area (Å²) < 4.78 is 5.05. The average molecular weight is 451 g/mol. The molecule has 2 aliphatic carbocycles. The molecule has 2 aromatic carbocycles. The van der Waals surface area contributed by atoms with Crippen LogP contribution in [-0.2, 0) is 19.2 Å². The standard InChI is InChI=1S/C24H19ClN2O5/c1-11(28)31-13-8-6-12(7-9-13)27-23(29)18-15-10-16(19(18)24(27)30)22-20(15)21(26-32-22)14-4-2-3-5-17(14)25/h2-9,15-16,18-20,22H,10H2,1H3/t15-,16-,18+,19-,20-,22-/m1/s1. The highest BCUT2D eigenvalue weighted by atomic mass is 35.5. The lowest BCUT2D eigenvalue weighted by Crippen LogP contribution is -2.41. The number of benzene rings is 2. The van der Waals surface area contributed by atoms with E-state index < -0.39 is 17.8 Å². The number of carbonyl (C=O) groups excluding carboxylic acids is 3. The number of esters is 1. The fourth-order valence-electron chi connectivity index (χ4n) is 6.10. The Hall–Kier alpha value is -3.19. The summed E-state index contributed by atoms with van der Waals surface area (Å²) in [5.41, 5.74) is 2.08. The summed E-state index contributed by atoms with van der Waals surface area (Å²) in [4.78, 5) is 45.1. The molecule has 2 saturated carbocycles. The molecule has 32 heavy (non-hydrogen) atoms. The highest BCUT2D eigenvalue weighted by molar-refractivity contribution is 6.34. The monoisotopic (exact) mass is 450 g/mol. The maximum absolute atomic E-state index is 13.5. The highest BCUT2D eigenvalue weighted by Crippen LogP contribution is 2.62. The first kappa shape index (κ1) is 19.5. The van der Waals surface area contributed by atoms with Crippen molar-refractivity contribution in [2.45, 2.75) is 19.4 Å². The van der Waals surface area contributed by atoms with Gasteiger partial charge in [0.2, 0.25) is 11.8 Å². The molecule has 0 aromatic heterocycles. The van der Waals surface area contributed by atoms with E-state index >= 15 is 0 Å². The molecule has 0 radical (unpaired) electrons. The Kier molecular flexibility index (Phi) is 4.21. The normalized spacial score (nSPS) is 31.9. The molecule has 2 bridgehead atoms. The van der Waals surface area contributed by atoms with Crippen LogP contribution in [0, 0.1) is 29.6 Å². The molecule has 2 aromatic rings. The predicted octanol–water partition coefficient (Wildman–Crippen LogP) is 3.44. The van der Waals surface area contributed by atoms with E-state index in [-0.39, 0.29) is 35.7 Å². The summed E-state index contributed by atoms with van der Waals surface area (Å²) in [6.45, 7) is 1.32. The summed E-state index contributed by atoms with van der Waals surface area (Å²) in [7, 11) is 0. The highest BCUT2D eigenvalue weighted by Gasteiger charge is 2.70. The summed E-state index contributed by atoms with van der Waals surface area (Å²) in [5, 5.41) is 4.93. The van der Waals surface area contributed by atoms with Crippen molar-refractivity contribution >= 4 is 40.8 Å². The maximum atomic E-state index is 13.5. The molecular weight excluding hydrogens is 432 g/mol. The fourth-order valence-corrected chi connectivity index (χ4v) is 6.33. The van der Waals surface area contributed by atoms with Crippen molar-refractivity contribution < 1.29 is 24.0 Å². The van der Waals surface area contributed by atoms with Gasteiger partial charge in [0.25, 0.3) is 0 Å². The number of ether oxygens (including phenoxy) is 1. The molecule has 2 aliphatic heterocycles. The quantitative estimate of drug-likeness (QED) is 0.406. The molecule has 0 spiro atoms. The van der Waals surface area contributed by atoms with Crippen LogP contribution in [0.2, 0.25) is 5.02 Å². The van der Waals surface area contributed by atoms with Crippen LogP contribution in [0.5, 0.6) is 5.75 Å². The first-order valence-electron chi connectivity index (χ1n) is 10.6. The van der Waals surface area contributed by atoms with Gasteiger partial charge >= 0.3 is 5.97 Å². The first-order valence-corrected chi connectivity index (χ1v) is 11.0. The molecule has 4 aliphatic rings. The van der Waals surface area contributed by atoms with Crippen LogP contribution in [0.15, 0.2) is 53.7 Å². The zero-order valence-corrected chi connectivity index (χ0v) is 17.9. The van der Waals surface area contributed by atoms with Crippen LogP contribution in [0.4, 0.5) is 5.69 Å². The number of anilines is 1. The number of halogens is 1. The first-order chi connectivity index (χ1) is 15.5. The second kappa shape index (κ2) is 6.90. The minimum absolute atomic E-state index is 0.0192. The molecule has 6 rings (SSSR count). The van der Waals surface area contributed by atoms with Gasteiger partial charge in [-0.2, -0.15) is 0 Å². The zero-order valence-electron chi connectivity index (χ0n) is 17.1. The number of imide groups is 1. The second-order valence-electron chi connectivity index (χ2n) is 8.77. The van der Waals surface area contributed by atoms with Gasteiger partial charge in [0.15, 0.2) is 0 Å². The van der Waals surface area contributed by atoms with Gasteiger partial charge in [-0.05, 0) is 42.7 Å². The summed E-state index contributed by atoms with van der Waals surface area (Å²) in [6.07, 6.45) is 0.556. The van der Waals surface area contributed by atoms with Crippen LogP contribution in [0.25, 0.3) is 0 Å². The van der Waals surface area contributed by atoms with Crippen molar-refractivity contribution in [2.75, 3.05) is 4.90 Å². The number of hydrogen-bond acceptors (Lipinski definition) is 6. The number of amides is 2. The van der Waals surface area contributed by atoms with Crippen molar-refractivity contribution in [1.29, 1.82) is 0 Å². The Bertz CT molecular complexity index is 1190. The Morgan fingerprint density at radius 1 is 1.03 bits per heavy atom. The van der Waals surface area contributed by atoms with Gasteiger partial charge in [-0.3, -0.25) is 19.3 Å². The molecule has 7 nitrogen and oxygen atoms in total. The van der Waals surface area contributed by atoms with E-state index in [0.29, 0.717) is 16.5 Å². The van der Waals surface area contributed by atoms with Crippen molar-refractivity contribution in [1.82, 2.24) is 0 Å². The fraction of sp³-hybridized carbons (Fsp3) is 0.333. The van der Waals surface area contributed by atoms with E-state index in [2.05, 4.69) is 5.16 Å². The number of nitrogens with zero attached hydrogens (tertiary/aromatic N) is 2. The molecule has 2 heterocycles. The SMILES string of the molecule is CC(=O)Oc1ccc(N2C(=O)[C@@H]3[C@H]4C[C@@H]([C@@H]5C(c6ccccc6Cl)=NO[C@H]45)[C@@H]3C2=O)cc1. The molecule has 162 valence electrons. The third-order valence-electron chi connectivity index (χ3n) is 7.20. The molecule has 0 unspecified atom stereocenters. The third-order valence-corrected chi connectivity index (χ3v) is 7.53. The average Bonchev–Trinajstić information content (AvgIpc) is 3.49. The maximum Gasteiger partial charge on any atom is 0.308 e. The largest absolute Gasteiger partial charge is 0.427 e. The van der Waals surface area contributed by atoms with Crippen LogP contribution in [0.1, 0.15) is 18.9 Å². The second-order valence-corrected chi connectivity index (χ2v) is 9.17. The summed E-state index contributed by atoms with van der Waals surface area (Å²) in [6, 6.07) is 13.9. The van der Waals surface area contributed by atoms with Crippen LogP contribution in [-0.4, -0.2) is 29.6 Å². The number of fused-ring (bicyclic) bond motifs is 8. The molecule has 8 heteroatoms. The Labute approximate surface area is 188 Å². The summed E-state index contributed by atoms with van der Waals surface area (Å²) >= 11 is 6.41. The van der Waals surface area contributed by atoms with E-state index in [4.69, 9.17) is 21.2 Å². The number of hydrogen-bond donors (Lipinski definition) is 0. The van der Waals surface area contributed by atoms with E-state index in [1.54, 1.807) is 24.3 Å². The summed E-state index contributed by atoms with van der Waals surface area (Å²) in [5.74, 6) is -1.36. The van der Waals surface area contributed by atoms with Crippen LogP contribution < -0.4 is 9.64 Å². The van der Waals surface area contributed by atoms with Gasteiger partial charge in [-0.25, -0.2) is 0 Å². The smallest absolute Gasteiger partial charge is 0.308 e. The van der Waals surface area contributed by atoms with Crippen molar-refractivity contribution in [3.8, 4) is 5.75 Å². The molecule has 1 saturated heterocycles. The van der Waals surface area contributed by atoms with Crippen molar-refractivity contribution in [3.05, 3.63) is 59.1 Å². The minimum atomic E-state index is -0.431. The molecule has 2 amide bonds. The van der Waals surface area contributed by atoms with Gasteiger partial charge in [0.1, 0.15) is 11.9 Å². The van der Waals surface area contributed by atoms with E-state index in [1.807, 2.05) is 24.3 Å². The third kappa shape index (κ3) is 2.60. The minimum Gasteiger partial charge on any atom is -0.427 e. The predicted molar refractivity (Wildman–Crippen MR) is 115 cm³/mol. The molecular formula is C24H19ClN2O5.